The molecule has 0 amide bonds. The summed E-state index contributed by atoms with van der Waals surface area (Å²) in [6.07, 6.45) is 4.15. The second-order valence-corrected chi connectivity index (χ2v) is 3.66. The smallest absolute Gasteiger partial charge is 0.248 e. The van der Waals surface area contributed by atoms with E-state index in [0.717, 1.165) is 0 Å². The highest BCUT2D eigenvalue weighted by Crippen LogP contribution is 2.36. The highest BCUT2D eigenvalue weighted by atomic mass is 19.3. The Bertz CT molecular complexity index is 211. The lowest BCUT2D eigenvalue weighted by Crippen LogP contribution is -2.23. The molecule has 0 unspecified atom stereocenters. The Morgan fingerprint density at radius 2 is 1.92 bits per heavy atom. The fourth-order valence-electron chi connectivity index (χ4n) is 1.53. The third-order valence-electron chi connectivity index (χ3n) is 2.36. The maximum Gasteiger partial charge on any atom is 0.248 e. The van der Waals surface area contributed by atoms with E-state index >= 15 is 0 Å². The summed E-state index contributed by atoms with van der Waals surface area (Å²) in [5.74, 6) is -2.32. The molecule has 0 heterocycles. The summed E-state index contributed by atoms with van der Waals surface area (Å²) in [6, 6.07) is 0. The van der Waals surface area contributed by atoms with Crippen LogP contribution in [0.3, 0.4) is 0 Å². The first-order chi connectivity index (χ1) is 5.99. The Labute approximate surface area is 76.8 Å². The van der Waals surface area contributed by atoms with E-state index in [1.165, 1.54) is 13.0 Å². The quantitative estimate of drug-likeness (QED) is 0.609. The van der Waals surface area contributed by atoms with E-state index in [-0.39, 0.29) is 24.5 Å². The summed E-state index contributed by atoms with van der Waals surface area (Å²) in [7, 11) is 0. The maximum absolute atomic E-state index is 12.7. The summed E-state index contributed by atoms with van der Waals surface area (Å²) in [4.78, 5) is 10.6. The number of alkyl halides is 2. The van der Waals surface area contributed by atoms with Gasteiger partial charge in [0.2, 0.25) is 5.92 Å². The summed E-state index contributed by atoms with van der Waals surface area (Å²) < 4.78 is 25.4. The first-order valence-electron chi connectivity index (χ1n) is 4.56. The molecule has 0 atom stereocenters. The zero-order valence-corrected chi connectivity index (χ0v) is 7.72. The largest absolute Gasteiger partial charge is 0.295 e. The molecule has 13 heavy (non-hydrogen) atoms. The SMILES string of the molecule is CC(=O)/C=C/C1CCC(F)(F)CC1. The first-order valence-corrected chi connectivity index (χ1v) is 4.56. The van der Waals surface area contributed by atoms with Crippen molar-refractivity contribution in [2.24, 2.45) is 5.92 Å². The van der Waals surface area contributed by atoms with Crippen LogP contribution in [0.1, 0.15) is 32.6 Å². The molecule has 0 aromatic carbocycles. The van der Waals surface area contributed by atoms with Crippen LogP contribution in [0.2, 0.25) is 0 Å². The third-order valence-corrected chi connectivity index (χ3v) is 2.36. The maximum atomic E-state index is 12.7. The van der Waals surface area contributed by atoms with Gasteiger partial charge in [-0.25, -0.2) is 8.78 Å². The number of hydrogen-bond acceptors (Lipinski definition) is 1. The summed E-state index contributed by atoms with van der Waals surface area (Å²) >= 11 is 0. The molecule has 0 N–H and O–H groups in total. The second-order valence-electron chi connectivity index (χ2n) is 3.66. The van der Waals surface area contributed by atoms with Gasteiger partial charge in [0.05, 0.1) is 0 Å². The molecule has 3 heteroatoms. The van der Waals surface area contributed by atoms with Crippen LogP contribution in [-0.2, 0) is 4.79 Å². The molecule has 0 radical (unpaired) electrons. The fourth-order valence-corrected chi connectivity index (χ4v) is 1.53. The van der Waals surface area contributed by atoms with Crippen molar-refractivity contribution in [2.45, 2.75) is 38.5 Å². The Morgan fingerprint density at radius 1 is 1.38 bits per heavy atom. The number of rotatable bonds is 2. The normalized spacial score (nSPS) is 23.6. The Balaban J connectivity index is 2.37. The van der Waals surface area contributed by atoms with Crippen LogP contribution in [0.15, 0.2) is 12.2 Å². The van der Waals surface area contributed by atoms with Gasteiger partial charge in [0.15, 0.2) is 5.78 Å². The van der Waals surface area contributed by atoms with E-state index in [0.29, 0.717) is 12.8 Å². The standard InChI is InChI=1S/C10H14F2O/c1-8(13)2-3-9-4-6-10(11,12)7-5-9/h2-3,9H,4-7H2,1H3/b3-2+. The van der Waals surface area contributed by atoms with Crippen LogP contribution in [0.5, 0.6) is 0 Å². The van der Waals surface area contributed by atoms with Gasteiger partial charge in [-0.15, -0.1) is 0 Å². The van der Waals surface area contributed by atoms with Crippen molar-refractivity contribution in [1.82, 2.24) is 0 Å². The van der Waals surface area contributed by atoms with Gasteiger partial charge >= 0.3 is 0 Å². The van der Waals surface area contributed by atoms with E-state index < -0.39 is 5.92 Å². The van der Waals surface area contributed by atoms with Crippen molar-refractivity contribution < 1.29 is 13.6 Å². The van der Waals surface area contributed by atoms with Crippen molar-refractivity contribution >= 4 is 5.78 Å². The van der Waals surface area contributed by atoms with Gasteiger partial charge in [0.25, 0.3) is 0 Å². The molecule has 0 bridgehead atoms. The minimum atomic E-state index is -2.47. The summed E-state index contributed by atoms with van der Waals surface area (Å²) in [6.45, 7) is 1.47. The molecular formula is C10H14F2O. The number of hydrogen-bond donors (Lipinski definition) is 0. The molecule has 1 rings (SSSR count). The average molecular weight is 188 g/mol. The van der Waals surface area contributed by atoms with Crippen molar-refractivity contribution in [3.05, 3.63) is 12.2 Å². The van der Waals surface area contributed by atoms with E-state index in [4.69, 9.17) is 0 Å². The first kappa shape index (κ1) is 10.4. The Kier molecular flexibility index (Phi) is 3.17. The topological polar surface area (TPSA) is 17.1 Å². The van der Waals surface area contributed by atoms with Crippen molar-refractivity contribution in [2.75, 3.05) is 0 Å². The molecule has 0 aromatic rings. The van der Waals surface area contributed by atoms with E-state index in [9.17, 15) is 13.6 Å². The minimum Gasteiger partial charge on any atom is -0.295 e. The van der Waals surface area contributed by atoms with Crippen LogP contribution in [0.4, 0.5) is 8.78 Å². The summed E-state index contributed by atoms with van der Waals surface area (Å²) in [5, 5.41) is 0. The molecule has 0 aliphatic heterocycles. The fraction of sp³-hybridized carbons (Fsp3) is 0.700. The minimum absolute atomic E-state index is 0.0164. The Hall–Kier alpha value is -0.730. The number of ketones is 1. The number of halogens is 2. The molecule has 1 fully saturated rings. The average Bonchev–Trinajstić information content (AvgIpc) is 2.02. The highest BCUT2D eigenvalue weighted by Gasteiger charge is 2.33. The third kappa shape index (κ3) is 3.66. The zero-order valence-electron chi connectivity index (χ0n) is 7.72. The lowest BCUT2D eigenvalue weighted by Gasteiger charge is -2.26. The molecule has 1 aliphatic carbocycles. The van der Waals surface area contributed by atoms with Gasteiger partial charge in [-0.2, -0.15) is 0 Å². The van der Waals surface area contributed by atoms with Gasteiger partial charge in [-0.1, -0.05) is 6.08 Å². The molecule has 1 saturated carbocycles. The van der Waals surface area contributed by atoms with Gasteiger partial charge in [0, 0.05) is 12.8 Å². The van der Waals surface area contributed by atoms with Crippen molar-refractivity contribution in [3.8, 4) is 0 Å². The zero-order chi connectivity index (χ0) is 9.90. The van der Waals surface area contributed by atoms with Gasteiger partial charge < -0.3 is 0 Å². The molecule has 0 spiro atoms. The highest BCUT2D eigenvalue weighted by molar-refractivity contribution is 5.87. The summed E-state index contributed by atoms with van der Waals surface area (Å²) in [5.41, 5.74) is 0. The Morgan fingerprint density at radius 3 is 2.38 bits per heavy atom. The van der Waals surface area contributed by atoms with Crippen molar-refractivity contribution in [1.29, 1.82) is 0 Å². The van der Waals surface area contributed by atoms with Gasteiger partial charge in [-0.3, -0.25) is 4.79 Å². The van der Waals surface area contributed by atoms with E-state index in [2.05, 4.69) is 0 Å². The monoisotopic (exact) mass is 188 g/mol. The van der Waals surface area contributed by atoms with Crippen LogP contribution in [0.25, 0.3) is 0 Å². The number of carbonyl (C=O) groups is 1. The lowest BCUT2D eigenvalue weighted by atomic mass is 9.86. The van der Waals surface area contributed by atoms with Crippen LogP contribution in [-0.4, -0.2) is 11.7 Å². The molecular weight excluding hydrogens is 174 g/mol. The van der Waals surface area contributed by atoms with Crippen LogP contribution >= 0.6 is 0 Å². The van der Waals surface area contributed by atoms with Gasteiger partial charge in [0.1, 0.15) is 0 Å². The molecule has 1 nitrogen and oxygen atoms in total. The predicted octanol–water partition coefficient (Wildman–Crippen LogP) is 2.96. The molecule has 0 saturated heterocycles. The second kappa shape index (κ2) is 3.99. The van der Waals surface area contributed by atoms with Crippen LogP contribution in [0, 0.1) is 5.92 Å². The number of allylic oxidation sites excluding steroid dienone is 2. The molecule has 74 valence electrons. The van der Waals surface area contributed by atoms with Crippen LogP contribution < -0.4 is 0 Å². The number of carbonyl (C=O) groups excluding carboxylic acids is 1. The van der Waals surface area contributed by atoms with E-state index in [1.807, 2.05) is 0 Å². The van der Waals surface area contributed by atoms with E-state index in [1.54, 1.807) is 6.08 Å². The lowest BCUT2D eigenvalue weighted by molar-refractivity contribution is -0.112. The van der Waals surface area contributed by atoms with Crippen molar-refractivity contribution in [3.63, 3.8) is 0 Å². The van der Waals surface area contributed by atoms with Gasteiger partial charge in [-0.05, 0) is 31.8 Å². The predicted molar refractivity (Wildman–Crippen MR) is 46.7 cm³/mol. The molecule has 1 aliphatic rings. The molecule has 0 aromatic heterocycles.